The summed E-state index contributed by atoms with van der Waals surface area (Å²) >= 11 is 0. The Kier molecular flexibility index (Phi) is 6.03. The van der Waals surface area contributed by atoms with Crippen LogP contribution < -0.4 is 5.32 Å². The molecule has 1 rings (SSSR count). The molecule has 0 atom stereocenters. The number of nitrogens with zero attached hydrogens (tertiary/aromatic N) is 3. The Bertz CT molecular complexity index is 285. The first-order valence-corrected chi connectivity index (χ1v) is 5.82. The number of hydrogen-bond donors (Lipinski definition) is 1. The summed E-state index contributed by atoms with van der Waals surface area (Å²) in [6.45, 7) is 7.62. The van der Waals surface area contributed by atoms with Gasteiger partial charge in [0.25, 0.3) is 0 Å². The average Bonchev–Trinajstić information content (AvgIpc) is 2.62. The van der Waals surface area contributed by atoms with Crippen LogP contribution in [0.1, 0.15) is 26.0 Å². The average molecular weight is 226 g/mol. The molecule has 5 heteroatoms. The fourth-order valence-electron chi connectivity index (χ4n) is 1.26. The Morgan fingerprint density at radius 1 is 1.44 bits per heavy atom. The zero-order valence-corrected chi connectivity index (χ0v) is 10.4. The highest BCUT2D eigenvalue weighted by Crippen LogP contribution is 1.98. The van der Waals surface area contributed by atoms with E-state index in [1.165, 1.54) is 0 Å². The number of ether oxygens (including phenoxy) is 1. The van der Waals surface area contributed by atoms with E-state index in [0.29, 0.717) is 5.92 Å². The second kappa shape index (κ2) is 7.35. The molecule has 0 saturated carbocycles. The highest BCUT2D eigenvalue weighted by atomic mass is 16.5. The molecule has 0 aliphatic rings. The van der Waals surface area contributed by atoms with Crippen LogP contribution in [0.25, 0.3) is 0 Å². The zero-order valence-electron chi connectivity index (χ0n) is 10.4. The van der Waals surface area contributed by atoms with Crippen molar-refractivity contribution < 1.29 is 4.74 Å². The summed E-state index contributed by atoms with van der Waals surface area (Å²) in [4.78, 5) is 0. The fourth-order valence-corrected chi connectivity index (χ4v) is 1.26. The van der Waals surface area contributed by atoms with Crippen LogP contribution in [0.5, 0.6) is 0 Å². The molecule has 0 saturated heterocycles. The standard InChI is InChI=1S/C11H22N4O/c1-10(2)4-6-16-7-5-12-8-11-9-15(3)14-13-11/h9-10,12H,4-8H2,1-3H3. The first kappa shape index (κ1) is 13.1. The van der Waals surface area contributed by atoms with E-state index in [1.54, 1.807) is 4.68 Å². The van der Waals surface area contributed by atoms with Crippen LogP contribution >= 0.6 is 0 Å². The van der Waals surface area contributed by atoms with Gasteiger partial charge in [-0.1, -0.05) is 19.1 Å². The fraction of sp³-hybridized carbons (Fsp3) is 0.818. The van der Waals surface area contributed by atoms with E-state index in [1.807, 2.05) is 13.2 Å². The van der Waals surface area contributed by atoms with E-state index in [2.05, 4.69) is 29.5 Å². The molecule has 92 valence electrons. The summed E-state index contributed by atoms with van der Waals surface area (Å²) in [5, 5.41) is 11.1. The Balaban J connectivity index is 1.92. The van der Waals surface area contributed by atoms with Crippen LogP contribution in [-0.2, 0) is 18.3 Å². The molecule has 1 aromatic heterocycles. The molecular weight excluding hydrogens is 204 g/mol. The van der Waals surface area contributed by atoms with Gasteiger partial charge in [-0.3, -0.25) is 4.68 Å². The van der Waals surface area contributed by atoms with Gasteiger partial charge < -0.3 is 10.1 Å². The maximum Gasteiger partial charge on any atom is 0.0964 e. The predicted octanol–water partition coefficient (Wildman–Crippen LogP) is 0.967. The molecule has 0 spiro atoms. The Hall–Kier alpha value is -0.940. The third kappa shape index (κ3) is 5.82. The summed E-state index contributed by atoms with van der Waals surface area (Å²) in [5.74, 6) is 0.715. The number of aromatic nitrogens is 3. The molecule has 0 amide bonds. The topological polar surface area (TPSA) is 52.0 Å². The highest BCUT2D eigenvalue weighted by molar-refractivity contribution is 4.90. The van der Waals surface area contributed by atoms with Crippen molar-refractivity contribution in [3.63, 3.8) is 0 Å². The Morgan fingerprint density at radius 2 is 2.25 bits per heavy atom. The molecule has 0 fully saturated rings. The second-order valence-electron chi connectivity index (χ2n) is 4.36. The lowest BCUT2D eigenvalue weighted by atomic mass is 10.1. The van der Waals surface area contributed by atoms with E-state index in [-0.39, 0.29) is 0 Å². The summed E-state index contributed by atoms with van der Waals surface area (Å²) in [6, 6.07) is 0. The van der Waals surface area contributed by atoms with Gasteiger partial charge in [-0.2, -0.15) is 0 Å². The van der Waals surface area contributed by atoms with Crippen LogP contribution in [0.3, 0.4) is 0 Å². The van der Waals surface area contributed by atoms with E-state index in [9.17, 15) is 0 Å². The van der Waals surface area contributed by atoms with Crippen LogP contribution in [0, 0.1) is 5.92 Å². The van der Waals surface area contributed by atoms with Crippen LogP contribution in [0.4, 0.5) is 0 Å². The monoisotopic (exact) mass is 226 g/mol. The number of aryl methyl sites for hydroxylation is 1. The van der Waals surface area contributed by atoms with Crippen molar-refractivity contribution in [1.82, 2.24) is 20.3 Å². The van der Waals surface area contributed by atoms with E-state index < -0.39 is 0 Å². The number of hydrogen-bond acceptors (Lipinski definition) is 4. The smallest absolute Gasteiger partial charge is 0.0964 e. The molecule has 16 heavy (non-hydrogen) atoms. The lowest BCUT2D eigenvalue weighted by Crippen LogP contribution is -2.20. The molecular formula is C11H22N4O. The minimum Gasteiger partial charge on any atom is -0.380 e. The molecule has 0 unspecified atom stereocenters. The van der Waals surface area contributed by atoms with Crippen molar-refractivity contribution in [3.8, 4) is 0 Å². The molecule has 0 aromatic carbocycles. The molecule has 5 nitrogen and oxygen atoms in total. The third-order valence-corrected chi connectivity index (χ3v) is 2.22. The van der Waals surface area contributed by atoms with Crippen molar-refractivity contribution in [2.24, 2.45) is 13.0 Å². The summed E-state index contributed by atoms with van der Waals surface area (Å²) in [5.41, 5.74) is 0.963. The molecule has 0 aliphatic carbocycles. The van der Waals surface area contributed by atoms with Crippen LogP contribution in [0.2, 0.25) is 0 Å². The molecule has 0 radical (unpaired) electrons. The van der Waals surface area contributed by atoms with E-state index in [0.717, 1.165) is 38.4 Å². The zero-order chi connectivity index (χ0) is 11.8. The molecule has 1 heterocycles. The van der Waals surface area contributed by atoms with Gasteiger partial charge in [-0.05, 0) is 12.3 Å². The normalized spacial score (nSPS) is 11.2. The molecule has 0 aliphatic heterocycles. The number of nitrogens with one attached hydrogen (secondary N) is 1. The Morgan fingerprint density at radius 3 is 2.88 bits per heavy atom. The first-order chi connectivity index (χ1) is 7.68. The van der Waals surface area contributed by atoms with Crippen molar-refractivity contribution in [2.75, 3.05) is 19.8 Å². The first-order valence-electron chi connectivity index (χ1n) is 5.82. The van der Waals surface area contributed by atoms with Gasteiger partial charge in [0.15, 0.2) is 0 Å². The second-order valence-corrected chi connectivity index (χ2v) is 4.36. The summed E-state index contributed by atoms with van der Waals surface area (Å²) in [6.07, 6.45) is 3.04. The van der Waals surface area contributed by atoms with Crippen LogP contribution in [-0.4, -0.2) is 34.8 Å². The van der Waals surface area contributed by atoms with Gasteiger partial charge in [0.05, 0.1) is 12.3 Å². The lowest BCUT2D eigenvalue weighted by molar-refractivity contribution is 0.125. The van der Waals surface area contributed by atoms with Crippen LogP contribution in [0.15, 0.2) is 6.20 Å². The minimum atomic E-state index is 0.715. The van der Waals surface area contributed by atoms with E-state index >= 15 is 0 Å². The summed E-state index contributed by atoms with van der Waals surface area (Å²) in [7, 11) is 1.87. The Labute approximate surface area is 97.2 Å². The van der Waals surface area contributed by atoms with Gasteiger partial charge in [-0.25, -0.2) is 0 Å². The quantitative estimate of drug-likeness (QED) is 0.671. The van der Waals surface area contributed by atoms with Gasteiger partial charge in [0.2, 0.25) is 0 Å². The van der Waals surface area contributed by atoms with Crippen molar-refractivity contribution >= 4 is 0 Å². The largest absolute Gasteiger partial charge is 0.380 e. The van der Waals surface area contributed by atoms with E-state index in [4.69, 9.17) is 4.74 Å². The van der Waals surface area contributed by atoms with Gasteiger partial charge in [0.1, 0.15) is 0 Å². The minimum absolute atomic E-state index is 0.715. The maximum atomic E-state index is 5.48. The molecule has 1 N–H and O–H groups in total. The van der Waals surface area contributed by atoms with Crippen molar-refractivity contribution in [3.05, 3.63) is 11.9 Å². The highest BCUT2D eigenvalue weighted by Gasteiger charge is 1.97. The SMILES string of the molecule is CC(C)CCOCCNCc1cn(C)nn1. The maximum absolute atomic E-state index is 5.48. The predicted molar refractivity (Wildman–Crippen MR) is 63.0 cm³/mol. The number of rotatable bonds is 8. The lowest BCUT2D eigenvalue weighted by Gasteiger charge is -2.06. The molecule has 1 aromatic rings. The summed E-state index contributed by atoms with van der Waals surface area (Å²) < 4.78 is 7.19. The van der Waals surface area contributed by atoms with Gasteiger partial charge in [-0.15, -0.1) is 5.10 Å². The van der Waals surface area contributed by atoms with Gasteiger partial charge in [0, 0.05) is 32.9 Å². The van der Waals surface area contributed by atoms with Gasteiger partial charge >= 0.3 is 0 Å². The van der Waals surface area contributed by atoms with Crippen molar-refractivity contribution in [2.45, 2.75) is 26.8 Å². The molecule has 0 bridgehead atoms. The van der Waals surface area contributed by atoms with Crippen molar-refractivity contribution in [1.29, 1.82) is 0 Å². The third-order valence-electron chi connectivity index (χ3n) is 2.22.